The number of esters is 1. The zero-order valence-electron chi connectivity index (χ0n) is 22.7. The van der Waals surface area contributed by atoms with Crippen molar-refractivity contribution < 1.29 is 33.4 Å². The summed E-state index contributed by atoms with van der Waals surface area (Å²) >= 11 is 0. The van der Waals surface area contributed by atoms with Crippen LogP contribution in [0.5, 0.6) is 0 Å². The fourth-order valence-corrected chi connectivity index (χ4v) is 4.87. The molecular formula is C29H32N4O7. The van der Waals surface area contributed by atoms with E-state index in [1.165, 1.54) is 4.90 Å². The van der Waals surface area contributed by atoms with Gasteiger partial charge >= 0.3 is 5.97 Å². The lowest BCUT2D eigenvalue weighted by molar-refractivity contribution is -0.167. The van der Waals surface area contributed by atoms with Gasteiger partial charge in [0, 0.05) is 50.6 Å². The van der Waals surface area contributed by atoms with E-state index < -0.39 is 30.0 Å². The highest BCUT2D eigenvalue weighted by atomic mass is 16.6. The van der Waals surface area contributed by atoms with Crippen molar-refractivity contribution in [3.63, 3.8) is 0 Å². The molecule has 0 aliphatic carbocycles. The molecule has 0 radical (unpaired) electrons. The van der Waals surface area contributed by atoms with E-state index in [4.69, 9.17) is 20.8 Å². The quantitative estimate of drug-likeness (QED) is 0.398. The number of amides is 3. The molecule has 2 aromatic rings. The third-order valence-electron chi connectivity index (χ3n) is 6.97. The van der Waals surface area contributed by atoms with Gasteiger partial charge in [0.05, 0.1) is 19.3 Å². The molecule has 0 bridgehead atoms. The summed E-state index contributed by atoms with van der Waals surface area (Å²) in [5, 5.41) is 2.68. The topological polar surface area (TPSA) is 119 Å². The minimum Gasteiger partial charge on any atom is -0.449 e. The molecule has 2 heterocycles. The molecule has 3 atom stereocenters. The van der Waals surface area contributed by atoms with Gasteiger partial charge in [-0.2, -0.15) is 0 Å². The van der Waals surface area contributed by atoms with Crippen LogP contribution >= 0.6 is 0 Å². The van der Waals surface area contributed by atoms with Crippen molar-refractivity contribution in [3.8, 4) is 0 Å². The summed E-state index contributed by atoms with van der Waals surface area (Å²) in [5.74, 6) is -2.22. The Morgan fingerprint density at radius 1 is 1.20 bits per heavy atom. The van der Waals surface area contributed by atoms with Crippen LogP contribution in [0, 0.1) is 6.57 Å². The molecule has 2 fully saturated rings. The maximum absolute atomic E-state index is 13.6. The second-order valence-corrected chi connectivity index (χ2v) is 9.56. The van der Waals surface area contributed by atoms with Crippen LogP contribution < -0.4 is 10.2 Å². The average Bonchev–Trinajstić information content (AvgIpc) is 3.45. The molecule has 2 aliphatic rings. The Labute approximate surface area is 232 Å². The number of nitrogens with zero attached hydrogens (tertiary/aromatic N) is 3. The molecule has 2 aliphatic heterocycles. The van der Waals surface area contributed by atoms with Crippen molar-refractivity contribution in [2.45, 2.75) is 45.0 Å². The molecule has 0 saturated carbocycles. The van der Waals surface area contributed by atoms with Gasteiger partial charge in [-0.3, -0.25) is 19.2 Å². The number of nitrogens with one attached hydrogen (secondary N) is 1. The first kappa shape index (κ1) is 28.7. The summed E-state index contributed by atoms with van der Waals surface area (Å²) in [7, 11) is 1.62. The Bertz CT molecular complexity index is 1340. The van der Waals surface area contributed by atoms with Crippen molar-refractivity contribution in [2.75, 3.05) is 43.6 Å². The van der Waals surface area contributed by atoms with Crippen LogP contribution in [0.1, 0.15) is 36.2 Å². The van der Waals surface area contributed by atoms with Gasteiger partial charge < -0.3 is 29.3 Å². The Morgan fingerprint density at radius 2 is 2.00 bits per heavy atom. The van der Waals surface area contributed by atoms with Gasteiger partial charge in [0.2, 0.25) is 6.10 Å². The van der Waals surface area contributed by atoms with E-state index in [2.05, 4.69) is 10.2 Å². The summed E-state index contributed by atoms with van der Waals surface area (Å²) < 4.78 is 16.3. The summed E-state index contributed by atoms with van der Waals surface area (Å²) in [4.78, 5) is 58.5. The number of ether oxygens (including phenoxy) is 3. The number of likely N-dealkylation sites (tertiary alicyclic amines) is 1. The van der Waals surface area contributed by atoms with Gasteiger partial charge in [0.1, 0.15) is 0 Å². The highest BCUT2D eigenvalue weighted by Crippen LogP contribution is 2.27. The normalized spacial score (nSPS) is 19.6. The van der Waals surface area contributed by atoms with E-state index in [-0.39, 0.29) is 25.2 Å². The van der Waals surface area contributed by atoms with Crippen LogP contribution in [0.15, 0.2) is 42.5 Å². The van der Waals surface area contributed by atoms with E-state index >= 15 is 0 Å². The van der Waals surface area contributed by atoms with Gasteiger partial charge in [-0.15, -0.1) is 0 Å². The van der Waals surface area contributed by atoms with Crippen molar-refractivity contribution in [3.05, 3.63) is 65.0 Å². The highest BCUT2D eigenvalue weighted by molar-refractivity contribution is 6.05. The summed E-state index contributed by atoms with van der Waals surface area (Å²) in [6.45, 7) is 11.7. The molecule has 0 aromatic heterocycles. The largest absolute Gasteiger partial charge is 0.449 e. The van der Waals surface area contributed by atoms with Crippen LogP contribution in [0.25, 0.3) is 4.85 Å². The minimum atomic E-state index is -1.56. The van der Waals surface area contributed by atoms with Gasteiger partial charge in [0.25, 0.3) is 17.7 Å². The van der Waals surface area contributed by atoms with Crippen LogP contribution in [0.2, 0.25) is 0 Å². The van der Waals surface area contributed by atoms with Crippen molar-refractivity contribution in [1.82, 2.24) is 4.90 Å². The van der Waals surface area contributed by atoms with Crippen molar-refractivity contribution >= 4 is 40.8 Å². The molecule has 4 rings (SSSR count). The molecular weight excluding hydrogens is 516 g/mol. The molecule has 0 spiro atoms. The van der Waals surface area contributed by atoms with E-state index in [1.807, 2.05) is 6.92 Å². The van der Waals surface area contributed by atoms with E-state index in [0.717, 1.165) is 18.9 Å². The third kappa shape index (κ3) is 6.30. The fourth-order valence-electron chi connectivity index (χ4n) is 4.87. The number of rotatable bonds is 8. The minimum absolute atomic E-state index is 0.00256. The summed E-state index contributed by atoms with van der Waals surface area (Å²) in [6, 6.07) is 11.6. The number of carbonyl (C=O) groups is 4. The van der Waals surface area contributed by atoms with Crippen LogP contribution in [0.4, 0.5) is 17.1 Å². The van der Waals surface area contributed by atoms with E-state index in [1.54, 1.807) is 54.5 Å². The van der Waals surface area contributed by atoms with E-state index in [9.17, 15) is 19.2 Å². The Hall–Kier alpha value is -4.27. The maximum Gasteiger partial charge on any atom is 0.303 e. The number of hydrogen-bond donors (Lipinski definition) is 1. The molecule has 2 saturated heterocycles. The second kappa shape index (κ2) is 12.7. The van der Waals surface area contributed by atoms with Gasteiger partial charge in [0.15, 0.2) is 11.8 Å². The van der Waals surface area contributed by atoms with Crippen LogP contribution in [-0.2, 0) is 35.0 Å². The van der Waals surface area contributed by atoms with Crippen LogP contribution in [0.3, 0.4) is 0 Å². The number of morpholine rings is 1. The summed E-state index contributed by atoms with van der Waals surface area (Å²) in [6.07, 6.45) is -1.61. The van der Waals surface area contributed by atoms with Crippen molar-refractivity contribution in [2.24, 2.45) is 0 Å². The lowest BCUT2D eigenvalue weighted by Gasteiger charge is -2.35. The molecule has 2 aromatic carbocycles. The molecule has 3 amide bonds. The van der Waals surface area contributed by atoms with Gasteiger partial charge in [-0.25, -0.2) is 4.85 Å². The molecule has 40 heavy (non-hydrogen) atoms. The van der Waals surface area contributed by atoms with Gasteiger partial charge in [-0.05, 0) is 48.7 Å². The lowest BCUT2D eigenvalue weighted by Crippen LogP contribution is -2.56. The number of carbonyl (C=O) groups excluding carboxylic acids is 4. The number of anilines is 2. The molecule has 11 nitrogen and oxygen atoms in total. The van der Waals surface area contributed by atoms with Crippen molar-refractivity contribution in [1.29, 1.82) is 0 Å². The Kier molecular flexibility index (Phi) is 9.14. The summed E-state index contributed by atoms with van der Waals surface area (Å²) in [5.41, 5.74) is 2.51. The predicted molar refractivity (Wildman–Crippen MR) is 146 cm³/mol. The number of aryl methyl sites for hydroxylation is 1. The standard InChI is InChI=1S/C29H32N4O7/c1-5-19-15-21(9-10-24(19)30-3)31-27(35)25(40-18(2)34)26-29(37)33(13-14-39-26)22-8-6-7-20(16-22)28(36)32-12-11-23(17-32)38-4/h6-10,15-16,23,25-26H,5,11-14,17H2,1-2,4H3,(H,31,35)/t23-,25+,26+/m0/s1. The molecule has 1 N–H and O–H groups in total. The molecule has 0 unspecified atom stereocenters. The Balaban J connectivity index is 1.54. The third-order valence-corrected chi connectivity index (χ3v) is 6.97. The monoisotopic (exact) mass is 548 g/mol. The second-order valence-electron chi connectivity index (χ2n) is 9.56. The zero-order chi connectivity index (χ0) is 28.8. The zero-order valence-corrected chi connectivity index (χ0v) is 22.7. The predicted octanol–water partition coefficient (Wildman–Crippen LogP) is 2.96. The first-order valence-electron chi connectivity index (χ1n) is 13.1. The SMILES string of the molecule is [C-]#[N+]c1ccc(NC(=O)[C@H](OC(C)=O)[C@H]2OCCN(c3cccc(C(=O)N4CC[C@H](OC)C4)c3)C2=O)cc1CC. The smallest absolute Gasteiger partial charge is 0.303 e. The van der Waals surface area contributed by atoms with E-state index in [0.29, 0.717) is 42.1 Å². The lowest BCUT2D eigenvalue weighted by atomic mass is 10.1. The number of benzene rings is 2. The number of methoxy groups -OCH3 is 1. The maximum atomic E-state index is 13.6. The molecule has 11 heteroatoms. The first-order valence-corrected chi connectivity index (χ1v) is 13.1. The van der Waals surface area contributed by atoms with Crippen LogP contribution in [-0.4, -0.2) is 80.3 Å². The average molecular weight is 549 g/mol. The van der Waals surface area contributed by atoms with Gasteiger partial charge in [-0.1, -0.05) is 19.1 Å². The fraction of sp³-hybridized carbons (Fsp3) is 0.414. The highest BCUT2D eigenvalue weighted by Gasteiger charge is 2.43. The number of hydrogen-bond acceptors (Lipinski definition) is 7. The Morgan fingerprint density at radius 3 is 2.67 bits per heavy atom. The first-order chi connectivity index (χ1) is 19.2. The molecule has 210 valence electrons.